The average molecular weight is 283 g/mol. The number of hydrogen-bond donors (Lipinski definition) is 2. The van der Waals surface area contributed by atoms with Crippen molar-refractivity contribution in [3.8, 4) is 0 Å². The fourth-order valence-corrected chi connectivity index (χ4v) is 1.34. The minimum atomic E-state index is -0.104. The number of Topliss-reactive ketones (excluding diaryl/α,β-unsaturated/α-hetero) is 1. The molecule has 2 aromatic rings. The highest BCUT2D eigenvalue weighted by Gasteiger charge is 2.11. The molecule has 0 amide bonds. The van der Waals surface area contributed by atoms with E-state index < -0.39 is 0 Å². The monoisotopic (exact) mass is 282 g/mol. The molecule has 2 heterocycles. The van der Waals surface area contributed by atoms with E-state index in [1.54, 1.807) is 12.3 Å². The Kier molecular flexibility index (Phi) is 3.20. The molecule has 0 bridgehead atoms. The van der Waals surface area contributed by atoms with Gasteiger partial charge in [-0.25, -0.2) is 0 Å². The first-order valence-electron chi connectivity index (χ1n) is 4.35. The van der Waals surface area contributed by atoms with Gasteiger partial charge in [0.25, 0.3) is 0 Å². The molecule has 8 heteroatoms. The second-order valence-corrected chi connectivity index (χ2v) is 3.39. The largest absolute Gasteiger partial charge is 0.293 e. The molecule has 82 valence electrons. The van der Waals surface area contributed by atoms with E-state index in [2.05, 4.69) is 46.6 Å². The van der Waals surface area contributed by atoms with E-state index in [0.29, 0.717) is 17.2 Å². The number of azo groups is 1. The molecule has 2 aromatic heterocycles. The SMILES string of the molecule is O=C(CBr)c1cn[nH]c1N=Nc1ccn[nH]1. The molecular formula is C8H7BrN6O. The first-order valence-corrected chi connectivity index (χ1v) is 5.47. The summed E-state index contributed by atoms with van der Waals surface area (Å²) < 4.78 is 0. The summed E-state index contributed by atoms with van der Waals surface area (Å²) in [4.78, 5) is 11.4. The number of hydrogen-bond acceptors (Lipinski definition) is 5. The number of alkyl halides is 1. The Hall–Kier alpha value is -1.83. The maximum atomic E-state index is 11.4. The number of H-pyrrole nitrogens is 2. The standard InChI is InChI=1S/C8H7BrN6O/c9-3-6(16)5-4-11-14-8(5)15-13-7-1-2-10-12-7/h1-2,4H,3H2,(H,10,12)(H,11,14). The van der Waals surface area contributed by atoms with Crippen LogP contribution < -0.4 is 0 Å². The molecule has 0 aliphatic heterocycles. The maximum Gasteiger partial charge on any atom is 0.181 e. The van der Waals surface area contributed by atoms with Crippen molar-refractivity contribution in [2.24, 2.45) is 10.2 Å². The van der Waals surface area contributed by atoms with Crippen LogP contribution in [-0.4, -0.2) is 31.5 Å². The summed E-state index contributed by atoms with van der Waals surface area (Å²) >= 11 is 3.08. The van der Waals surface area contributed by atoms with Crippen LogP contribution in [0.15, 0.2) is 28.7 Å². The van der Waals surface area contributed by atoms with Crippen LogP contribution in [0.25, 0.3) is 0 Å². The number of ketones is 1. The van der Waals surface area contributed by atoms with Crippen LogP contribution in [0, 0.1) is 0 Å². The summed E-state index contributed by atoms with van der Waals surface area (Å²) in [6.45, 7) is 0. The third kappa shape index (κ3) is 2.22. The van der Waals surface area contributed by atoms with Gasteiger partial charge in [-0.3, -0.25) is 15.0 Å². The van der Waals surface area contributed by atoms with Crippen molar-refractivity contribution in [3.05, 3.63) is 24.0 Å². The summed E-state index contributed by atoms with van der Waals surface area (Å²) in [6, 6.07) is 1.66. The highest BCUT2D eigenvalue weighted by Crippen LogP contribution is 2.18. The van der Waals surface area contributed by atoms with Crippen LogP contribution in [0.1, 0.15) is 10.4 Å². The second kappa shape index (κ2) is 4.79. The molecule has 0 saturated carbocycles. The van der Waals surface area contributed by atoms with Gasteiger partial charge in [-0.05, 0) is 0 Å². The first-order chi connectivity index (χ1) is 7.81. The van der Waals surface area contributed by atoms with Gasteiger partial charge in [0.05, 0.1) is 23.3 Å². The lowest BCUT2D eigenvalue weighted by Crippen LogP contribution is -1.97. The Labute approximate surface area is 98.5 Å². The molecule has 0 fully saturated rings. The van der Waals surface area contributed by atoms with Crippen molar-refractivity contribution >= 4 is 33.3 Å². The molecule has 0 atom stereocenters. The van der Waals surface area contributed by atoms with Crippen molar-refractivity contribution in [2.75, 3.05) is 5.33 Å². The highest BCUT2D eigenvalue weighted by atomic mass is 79.9. The zero-order valence-electron chi connectivity index (χ0n) is 8.01. The minimum absolute atomic E-state index is 0.104. The number of rotatable bonds is 4. The zero-order valence-corrected chi connectivity index (χ0v) is 9.60. The van der Waals surface area contributed by atoms with E-state index in [4.69, 9.17) is 0 Å². The molecule has 0 radical (unpaired) electrons. The molecule has 0 unspecified atom stereocenters. The topological polar surface area (TPSA) is 99.2 Å². The van der Waals surface area contributed by atoms with Crippen LogP contribution in [0.4, 0.5) is 11.6 Å². The quantitative estimate of drug-likeness (QED) is 0.510. The van der Waals surface area contributed by atoms with Gasteiger partial charge < -0.3 is 0 Å². The van der Waals surface area contributed by atoms with Gasteiger partial charge in [0.15, 0.2) is 17.4 Å². The van der Waals surface area contributed by atoms with Crippen LogP contribution in [0.2, 0.25) is 0 Å². The first kappa shape index (κ1) is 10.7. The third-order valence-corrected chi connectivity index (χ3v) is 2.29. The normalized spacial score (nSPS) is 11.1. The summed E-state index contributed by atoms with van der Waals surface area (Å²) in [7, 11) is 0. The molecular weight excluding hydrogens is 276 g/mol. The highest BCUT2D eigenvalue weighted by molar-refractivity contribution is 9.09. The fraction of sp³-hybridized carbons (Fsp3) is 0.125. The molecule has 2 N–H and O–H groups in total. The zero-order chi connectivity index (χ0) is 11.4. The molecule has 16 heavy (non-hydrogen) atoms. The van der Waals surface area contributed by atoms with E-state index in [0.717, 1.165) is 0 Å². The van der Waals surface area contributed by atoms with Gasteiger partial charge in [0.1, 0.15) is 0 Å². The number of aromatic amines is 2. The second-order valence-electron chi connectivity index (χ2n) is 2.83. The van der Waals surface area contributed by atoms with E-state index in [1.807, 2.05) is 0 Å². The van der Waals surface area contributed by atoms with Crippen LogP contribution in [0.3, 0.4) is 0 Å². The fourth-order valence-electron chi connectivity index (χ4n) is 1.04. The molecule has 0 saturated heterocycles. The van der Waals surface area contributed by atoms with Gasteiger partial charge in [-0.2, -0.15) is 10.2 Å². The van der Waals surface area contributed by atoms with E-state index in [-0.39, 0.29) is 11.1 Å². The number of carbonyl (C=O) groups excluding carboxylic acids is 1. The van der Waals surface area contributed by atoms with Crippen molar-refractivity contribution in [3.63, 3.8) is 0 Å². The minimum Gasteiger partial charge on any atom is -0.293 e. The van der Waals surface area contributed by atoms with Gasteiger partial charge >= 0.3 is 0 Å². The maximum absolute atomic E-state index is 11.4. The summed E-state index contributed by atoms with van der Waals surface area (Å²) in [5.41, 5.74) is 0.403. The van der Waals surface area contributed by atoms with Crippen LogP contribution >= 0.6 is 15.9 Å². The molecule has 0 aliphatic rings. The number of nitrogens with one attached hydrogen (secondary N) is 2. The van der Waals surface area contributed by atoms with Crippen molar-refractivity contribution in [1.29, 1.82) is 0 Å². The Balaban J connectivity index is 2.22. The third-order valence-electron chi connectivity index (χ3n) is 1.78. The Morgan fingerprint density at radius 2 is 2.25 bits per heavy atom. The molecule has 0 spiro atoms. The van der Waals surface area contributed by atoms with E-state index >= 15 is 0 Å². The summed E-state index contributed by atoms with van der Waals surface area (Å²) in [5.74, 6) is 0.734. The van der Waals surface area contributed by atoms with Crippen molar-refractivity contribution in [2.45, 2.75) is 0 Å². The lowest BCUT2D eigenvalue weighted by Gasteiger charge is -1.91. The van der Waals surface area contributed by atoms with Crippen LogP contribution in [-0.2, 0) is 0 Å². The molecule has 2 rings (SSSR count). The summed E-state index contributed by atoms with van der Waals surface area (Å²) in [5, 5.41) is 20.6. The van der Waals surface area contributed by atoms with Gasteiger partial charge in [-0.1, -0.05) is 15.9 Å². The Morgan fingerprint density at radius 1 is 1.38 bits per heavy atom. The van der Waals surface area contributed by atoms with Gasteiger partial charge in [-0.15, -0.1) is 10.2 Å². The predicted molar refractivity (Wildman–Crippen MR) is 59.5 cm³/mol. The number of halogens is 1. The van der Waals surface area contributed by atoms with E-state index in [1.165, 1.54) is 6.20 Å². The summed E-state index contributed by atoms with van der Waals surface area (Å²) in [6.07, 6.45) is 2.98. The number of carbonyl (C=O) groups is 1. The molecule has 7 nitrogen and oxygen atoms in total. The predicted octanol–water partition coefficient (Wildman–Crippen LogP) is 2.13. The lowest BCUT2D eigenvalue weighted by molar-refractivity contribution is 0.102. The number of nitrogens with zero attached hydrogens (tertiary/aromatic N) is 4. The van der Waals surface area contributed by atoms with Crippen molar-refractivity contribution in [1.82, 2.24) is 20.4 Å². The lowest BCUT2D eigenvalue weighted by atomic mass is 10.2. The smallest absolute Gasteiger partial charge is 0.181 e. The molecule has 0 aromatic carbocycles. The Morgan fingerprint density at radius 3 is 2.94 bits per heavy atom. The van der Waals surface area contributed by atoms with E-state index in [9.17, 15) is 4.79 Å². The van der Waals surface area contributed by atoms with Crippen molar-refractivity contribution < 1.29 is 4.79 Å². The molecule has 0 aliphatic carbocycles. The van der Waals surface area contributed by atoms with Gasteiger partial charge in [0, 0.05) is 6.07 Å². The Bertz CT molecular complexity index is 502. The van der Waals surface area contributed by atoms with Gasteiger partial charge in [0.2, 0.25) is 0 Å². The van der Waals surface area contributed by atoms with Crippen LogP contribution in [0.5, 0.6) is 0 Å². The average Bonchev–Trinajstić information content (AvgIpc) is 2.96. The number of aromatic nitrogens is 4.